The highest BCUT2D eigenvalue weighted by atomic mass is 127. The van der Waals surface area contributed by atoms with E-state index in [0.717, 1.165) is 39.3 Å². The second kappa shape index (κ2) is 7.35. The average molecular weight is 522 g/mol. The Kier molecular flexibility index (Phi) is 5.28. The first-order valence-electron chi connectivity index (χ1n) is 9.83. The molecule has 1 aliphatic heterocycles. The van der Waals surface area contributed by atoms with Crippen LogP contribution in [0.15, 0.2) is 36.4 Å². The van der Waals surface area contributed by atoms with Crippen molar-refractivity contribution in [3.8, 4) is 16.3 Å². The van der Waals surface area contributed by atoms with Crippen LogP contribution in [0.5, 0.6) is 5.75 Å². The van der Waals surface area contributed by atoms with Gasteiger partial charge in [-0.25, -0.2) is 3.11 Å². The van der Waals surface area contributed by atoms with Gasteiger partial charge in [0, 0.05) is 47.0 Å². The van der Waals surface area contributed by atoms with Crippen molar-refractivity contribution in [3.05, 3.63) is 36.4 Å². The molecule has 29 heavy (non-hydrogen) atoms. The summed E-state index contributed by atoms with van der Waals surface area (Å²) in [5, 5.41) is 23.2. The van der Waals surface area contributed by atoms with Crippen LogP contribution in [-0.2, 0) is 0 Å². The number of halogens is 1. The number of fused-ring (bicyclic) bond motifs is 1. The summed E-state index contributed by atoms with van der Waals surface area (Å²) >= 11 is 4.01. The lowest BCUT2D eigenvalue weighted by Crippen LogP contribution is -2.59. The average Bonchev–Trinajstić information content (AvgIpc) is 3.14. The van der Waals surface area contributed by atoms with E-state index in [1.165, 1.54) is 11.3 Å². The Morgan fingerprint density at radius 2 is 1.66 bits per heavy atom. The van der Waals surface area contributed by atoms with Crippen LogP contribution in [0.3, 0.4) is 0 Å². The van der Waals surface area contributed by atoms with E-state index in [9.17, 15) is 5.11 Å². The lowest BCUT2D eigenvalue weighted by Gasteiger charge is -2.53. The molecule has 1 aromatic heterocycles. The van der Waals surface area contributed by atoms with Crippen molar-refractivity contribution in [2.75, 3.05) is 11.9 Å². The van der Waals surface area contributed by atoms with Crippen molar-refractivity contribution >= 4 is 50.1 Å². The van der Waals surface area contributed by atoms with E-state index in [-0.39, 0.29) is 16.8 Å². The maximum Gasteiger partial charge on any atom is 0.208 e. The third kappa shape index (κ3) is 3.84. The molecule has 2 aromatic carbocycles. The van der Waals surface area contributed by atoms with Gasteiger partial charge in [0.2, 0.25) is 5.13 Å². The number of aromatic hydroxyl groups is 1. The number of phenols is 1. The number of anilines is 1. The number of hydrogen-bond donors (Lipinski definition) is 1. The van der Waals surface area contributed by atoms with Crippen LogP contribution in [-0.4, -0.2) is 42.6 Å². The highest BCUT2D eigenvalue weighted by Crippen LogP contribution is 2.44. The predicted molar refractivity (Wildman–Crippen MR) is 130 cm³/mol. The highest BCUT2D eigenvalue weighted by molar-refractivity contribution is 14.1. The topological polar surface area (TPSA) is 52.5 Å². The minimum atomic E-state index is 0.103. The summed E-state index contributed by atoms with van der Waals surface area (Å²) in [5.41, 5.74) is 0.945. The van der Waals surface area contributed by atoms with Gasteiger partial charge >= 0.3 is 0 Å². The van der Waals surface area contributed by atoms with Crippen molar-refractivity contribution in [1.82, 2.24) is 13.3 Å². The van der Waals surface area contributed by atoms with Gasteiger partial charge in [0.1, 0.15) is 5.75 Å². The van der Waals surface area contributed by atoms with Crippen LogP contribution in [0.4, 0.5) is 5.13 Å². The maximum atomic E-state index is 10.5. The lowest BCUT2D eigenvalue weighted by atomic mass is 9.79. The number of hydrogen-bond acceptors (Lipinski definition) is 6. The summed E-state index contributed by atoms with van der Waals surface area (Å²) in [6.45, 7) is 9.22. The molecule has 1 fully saturated rings. The molecule has 1 N–H and O–H groups in total. The van der Waals surface area contributed by atoms with Gasteiger partial charge in [-0.05, 0) is 63.4 Å². The van der Waals surface area contributed by atoms with Gasteiger partial charge in [-0.3, -0.25) is 0 Å². The number of nitrogens with zero attached hydrogens (tertiary/aromatic N) is 4. The van der Waals surface area contributed by atoms with Crippen molar-refractivity contribution in [3.63, 3.8) is 0 Å². The predicted octanol–water partition coefficient (Wildman–Crippen LogP) is 5.87. The van der Waals surface area contributed by atoms with Crippen LogP contribution in [0.1, 0.15) is 40.5 Å². The zero-order chi connectivity index (χ0) is 21.0. The van der Waals surface area contributed by atoms with E-state index in [4.69, 9.17) is 0 Å². The van der Waals surface area contributed by atoms with Gasteiger partial charge < -0.3 is 10.0 Å². The second-order valence-electron chi connectivity index (χ2n) is 9.18. The SMILES string of the molecule is CN(c1nnc(-c2cc3ccccc3cc2O)s1)C1CC(C)(C)N(I)C(C)(C)C1. The number of piperidine rings is 1. The van der Waals surface area contributed by atoms with E-state index in [2.05, 4.69) is 75.8 Å². The molecule has 0 spiro atoms. The van der Waals surface area contributed by atoms with E-state index >= 15 is 0 Å². The minimum absolute atomic E-state index is 0.103. The number of aromatic nitrogens is 2. The van der Waals surface area contributed by atoms with Crippen molar-refractivity contribution < 1.29 is 5.11 Å². The summed E-state index contributed by atoms with van der Waals surface area (Å²) in [7, 11) is 2.12. The quantitative estimate of drug-likeness (QED) is 0.345. The molecule has 2 heterocycles. The molecule has 154 valence electrons. The summed E-state index contributed by atoms with van der Waals surface area (Å²) in [4.78, 5) is 2.27. The molecule has 0 saturated carbocycles. The molecule has 3 aromatic rings. The number of benzene rings is 2. The van der Waals surface area contributed by atoms with Crippen LogP contribution in [0.2, 0.25) is 0 Å². The van der Waals surface area contributed by atoms with Crippen LogP contribution in [0.25, 0.3) is 21.3 Å². The van der Waals surface area contributed by atoms with Crippen molar-refractivity contribution in [2.45, 2.75) is 57.7 Å². The number of rotatable bonds is 3. The molecule has 0 amide bonds. The van der Waals surface area contributed by atoms with Gasteiger partial charge in [0.15, 0.2) is 5.01 Å². The Hall–Kier alpha value is -1.45. The van der Waals surface area contributed by atoms with E-state index in [0.29, 0.717) is 6.04 Å². The maximum absolute atomic E-state index is 10.5. The molecular formula is C22H27IN4OS. The van der Waals surface area contributed by atoms with Crippen LogP contribution in [0, 0.1) is 0 Å². The Morgan fingerprint density at radius 1 is 1.07 bits per heavy atom. The van der Waals surface area contributed by atoms with Crippen LogP contribution < -0.4 is 4.90 Å². The first-order chi connectivity index (χ1) is 13.6. The normalized spacial score (nSPS) is 19.5. The standard InChI is InChI=1S/C22H27IN4OS/c1-21(2)12-16(13-22(3,4)27(21)23)26(5)20-25-24-19(29-20)17-10-14-8-6-7-9-15(14)11-18(17)28/h6-11,16,28H,12-13H2,1-5H3. The number of phenolic OH excluding ortho intramolecular Hbond substituents is 1. The first-order valence-corrected chi connectivity index (χ1v) is 11.6. The molecule has 0 bridgehead atoms. The molecular weight excluding hydrogens is 495 g/mol. The second-order valence-corrected chi connectivity index (χ2v) is 11.1. The Morgan fingerprint density at radius 3 is 2.28 bits per heavy atom. The van der Waals surface area contributed by atoms with Gasteiger partial charge in [-0.15, -0.1) is 10.2 Å². The Bertz CT molecular complexity index is 1030. The summed E-state index contributed by atoms with van der Waals surface area (Å²) in [5.74, 6) is 0.245. The van der Waals surface area contributed by atoms with Gasteiger partial charge in [-0.1, -0.05) is 35.6 Å². The molecule has 5 nitrogen and oxygen atoms in total. The molecule has 1 aliphatic rings. The Balaban J connectivity index is 1.63. The van der Waals surface area contributed by atoms with Crippen molar-refractivity contribution in [1.29, 1.82) is 0 Å². The van der Waals surface area contributed by atoms with Crippen LogP contribution >= 0.6 is 34.2 Å². The van der Waals surface area contributed by atoms with E-state index < -0.39 is 0 Å². The molecule has 0 radical (unpaired) electrons. The first kappa shape index (κ1) is 20.8. The van der Waals surface area contributed by atoms with E-state index in [1.807, 2.05) is 30.3 Å². The summed E-state index contributed by atoms with van der Waals surface area (Å²) in [6.07, 6.45) is 2.12. The molecule has 1 saturated heterocycles. The molecule has 7 heteroatoms. The molecule has 0 atom stereocenters. The fourth-order valence-electron chi connectivity index (χ4n) is 4.50. The van der Waals surface area contributed by atoms with Crippen molar-refractivity contribution in [2.24, 2.45) is 0 Å². The smallest absolute Gasteiger partial charge is 0.208 e. The Labute approximate surface area is 190 Å². The monoisotopic (exact) mass is 522 g/mol. The van der Waals surface area contributed by atoms with Gasteiger partial charge in [0.25, 0.3) is 0 Å². The molecule has 4 rings (SSSR count). The molecule has 0 aliphatic carbocycles. The lowest BCUT2D eigenvalue weighted by molar-refractivity contribution is 0.0724. The third-order valence-electron chi connectivity index (χ3n) is 5.89. The summed E-state index contributed by atoms with van der Waals surface area (Å²) < 4.78 is 2.46. The third-order valence-corrected chi connectivity index (χ3v) is 9.55. The fourth-order valence-corrected chi connectivity index (χ4v) is 5.80. The highest BCUT2D eigenvalue weighted by Gasteiger charge is 2.45. The zero-order valence-corrected chi connectivity index (χ0v) is 20.5. The summed E-state index contributed by atoms with van der Waals surface area (Å²) in [6, 6.07) is 12.2. The van der Waals surface area contributed by atoms with E-state index in [1.54, 1.807) is 6.07 Å². The fraction of sp³-hybridized carbons (Fsp3) is 0.455. The van der Waals surface area contributed by atoms with Gasteiger partial charge in [0.05, 0.1) is 5.56 Å². The largest absolute Gasteiger partial charge is 0.507 e. The van der Waals surface area contributed by atoms with Gasteiger partial charge in [-0.2, -0.15) is 0 Å². The zero-order valence-electron chi connectivity index (χ0n) is 17.5. The molecule has 0 unspecified atom stereocenters. The minimum Gasteiger partial charge on any atom is -0.507 e.